The predicted octanol–water partition coefficient (Wildman–Crippen LogP) is 2.94. The van der Waals surface area contributed by atoms with Crippen LogP contribution in [0.2, 0.25) is 0 Å². The normalized spacial score (nSPS) is 12.6. The van der Waals surface area contributed by atoms with Gasteiger partial charge in [0.2, 0.25) is 11.7 Å². The molecule has 0 fully saturated rings. The number of halogens is 1. The lowest BCUT2D eigenvalue weighted by Crippen LogP contribution is -2.11. The summed E-state index contributed by atoms with van der Waals surface area (Å²) in [5, 5.41) is 3.85. The minimum Gasteiger partial charge on any atom is -0.337 e. The largest absolute Gasteiger partial charge is 0.337 e. The Hall–Kier alpha value is -1.40. The van der Waals surface area contributed by atoms with Gasteiger partial charge in [0.05, 0.1) is 6.04 Å². The van der Waals surface area contributed by atoms with Crippen LogP contribution in [0, 0.1) is 12.7 Å². The maximum absolute atomic E-state index is 13.5. The van der Waals surface area contributed by atoms with Gasteiger partial charge >= 0.3 is 0 Å². The van der Waals surface area contributed by atoms with Crippen LogP contribution in [0.5, 0.6) is 0 Å². The van der Waals surface area contributed by atoms with Crippen molar-refractivity contribution < 1.29 is 8.91 Å². The molecule has 0 bridgehead atoms. The number of hydrogen-bond donors (Lipinski definition) is 1. The second kappa shape index (κ2) is 6.16. The van der Waals surface area contributed by atoms with E-state index in [9.17, 15) is 4.39 Å². The summed E-state index contributed by atoms with van der Waals surface area (Å²) in [6.07, 6.45) is 2.78. The summed E-state index contributed by atoms with van der Waals surface area (Å²) < 4.78 is 18.6. The van der Waals surface area contributed by atoms with Crippen LogP contribution in [0.3, 0.4) is 0 Å². The van der Waals surface area contributed by atoms with Gasteiger partial charge in [0.1, 0.15) is 5.82 Å². The minimum atomic E-state index is -0.282. The molecule has 0 aliphatic heterocycles. The molecule has 1 aromatic carbocycles. The topological polar surface area (TPSA) is 64.9 Å². The Morgan fingerprint density at radius 2 is 2.26 bits per heavy atom. The van der Waals surface area contributed by atoms with Gasteiger partial charge in [0.15, 0.2) is 0 Å². The molecular formula is C13H16FN3OS. The van der Waals surface area contributed by atoms with Crippen LogP contribution in [0.15, 0.2) is 22.7 Å². The number of hydrogen-bond acceptors (Lipinski definition) is 5. The van der Waals surface area contributed by atoms with E-state index in [0.717, 1.165) is 12.2 Å². The highest BCUT2D eigenvalue weighted by molar-refractivity contribution is 7.98. The van der Waals surface area contributed by atoms with E-state index in [1.54, 1.807) is 30.8 Å². The Morgan fingerprint density at radius 3 is 2.95 bits per heavy atom. The van der Waals surface area contributed by atoms with Gasteiger partial charge in [-0.1, -0.05) is 17.3 Å². The van der Waals surface area contributed by atoms with E-state index >= 15 is 0 Å². The third-order valence-corrected chi connectivity index (χ3v) is 3.47. The van der Waals surface area contributed by atoms with Gasteiger partial charge < -0.3 is 10.3 Å². The van der Waals surface area contributed by atoms with E-state index in [0.29, 0.717) is 22.8 Å². The molecular weight excluding hydrogens is 265 g/mol. The van der Waals surface area contributed by atoms with Crippen molar-refractivity contribution in [2.75, 3.05) is 12.0 Å². The van der Waals surface area contributed by atoms with E-state index in [2.05, 4.69) is 10.1 Å². The van der Waals surface area contributed by atoms with Crippen LogP contribution in [0.1, 0.15) is 23.9 Å². The molecule has 1 atom stereocenters. The first kappa shape index (κ1) is 14.0. The van der Waals surface area contributed by atoms with Gasteiger partial charge in [-0.3, -0.25) is 0 Å². The first-order valence-electron chi connectivity index (χ1n) is 5.96. The van der Waals surface area contributed by atoms with Crippen molar-refractivity contribution in [3.05, 3.63) is 35.5 Å². The number of benzene rings is 1. The van der Waals surface area contributed by atoms with Crippen molar-refractivity contribution in [2.24, 2.45) is 5.73 Å². The maximum atomic E-state index is 13.5. The Morgan fingerprint density at radius 1 is 1.47 bits per heavy atom. The van der Waals surface area contributed by atoms with Crippen LogP contribution in [0.25, 0.3) is 11.4 Å². The van der Waals surface area contributed by atoms with E-state index < -0.39 is 0 Å². The quantitative estimate of drug-likeness (QED) is 0.912. The number of rotatable bonds is 5. The zero-order chi connectivity index (χ0) is 13.8. The molecule has 1 heterocycles. The molecule has 1 unspecified atom stereocenters. The van der Waals surface area contributed by atoms with Crippen molar-refractivity contribution in [1.82, 2.24) is 10.1 Å². The molecule has 2 N–H and O–H groups in total. The molecule has 0 amide bonds. The zero-order valence-electron chi connectivity index (χ0n) is 10.9. The number of nitrogens with zero attached hydrogens (tertiary/aromatic N) is 2. The van der Waals surface area contributed by atoms with Crippen molar-refractivity contribution >= 4 is 11.8 Å². The third-order valence-electron chi connectivity index (χ3n) is 2.82. The van der Waals surface area contributed by atoms with Crippen molar-refractivity contribution in [2.45, 2.75) is 19.4 Å². The van der Waals surface area contributed by atoms with Gasteiger partial charge in [0, 0.05) is 5.56 Å². The molecule has 0 saturated heterocycles. The van der Waals surface area contributed by atoms with Gasteiger partial charge in [-0.2, -0.15) is 16.7 Å². The molecule has 102 valence electrons. The Kier molecular flexibility index (Phi) is 4.55. The van der Waals surface area contributed by atoms with Crippen LogP contribution >= 0.6 is 11.8 Å². The maximum Gasteiger partial charge on any atom is 0.243 e. The van der Waals surface area contributed by atoms with Crippen molar-refractivity contribution in [3.8, 4) is 11.4 Å². The fraction of sp³-hybridized carbons (Fsp3) is 0.385. The van der Waals surface area contributed by atoms with E-state index in [-0.39, 0.29) is 11.9 Å². The standard InChI is InChI=1S/C13H16FN3OS/c1-8-3-4-9(7-10(8)14)12-16-13(18-17-12)11(15)5-6-19-2/h3-4,7,11H,5-6,15H2,1-2H3. The monoisotopic (exact) mass is 281 g/mol. The van der Waals surface area contributed by atoms with Gasteiger partial charge in [-0.05, 0) is 37.0 Å². The van der Waals surface area contributed by atoms with Gasteiger partial charge in [-0.25, -0.2) is 4.39 Å². The molecule has 0 spiro atoms. The fourth-order valence-electron chi connectivity index (χ4n) is 1.60. The average Bonchev–Trinajstić information content (AvgIpc) is 2.89. The summed E-state index contributed by atoms with van der Waals surface area (Å²) in [5.74, 6) is 1.41. The van der Waals surface area contributed by atoms with E-state index in [1.807, 2.05) is 6.26 Å². The molecule has 0 radical (unpaired) electrons. The van der Waals surface area contributed by atoms with Crippen LogP contribution in [-0.2, 0) is 0 Å². The smallest absolute Gasteiger partial charge is 0.243 e. The molecule has 2 rings (SSSR count). The fourth-order valence-corrected chi connectivity index (χ4v) is 2.09. The lowest BCUT2D eigenvalue weighted by molar-refractivity contribution is 0.353. The average molecular weight is 281 g/mol. The van der Waals surface area contributed by atoms with Crippen LogP contribution < -0.4 is 5.73 Å². The number of nitrogens with two attached hydrogens (primary N) is 1. The second-order valence-corrected chi connectivity index (χ2v) is 5.29. The second-order valence-electron chi connectivity index (χ2n) is 4.31. The molecule has 19 heavy (non-hydrogen) atoms. The SMILES string of the molecule is CSCCC(N)c1nc(-c2ccc(C)c(F)c2)no1. The minimum absolute atomic E-state index is 0.274. The van der Waals surface area contributed by atoms with Gasteiger partial charge in [0.25, 0.3) is 0 Å². The molecule has 0 saturated carbocycles. The summed E-state index contributed by atoms with van der Waals surface area (Å²) in [4.78, 5) is 4.23. The van der Waals surface area contributed by atoms with Crippen molar-refractivity contribution in [1.29, 1.82) is 0 Å². The molecule has 1 aromatic heterocycles. The predicted molar refractivity (Wildman–Crippen MR) is 74.4 cm³/mol. The highest BCUT2D eigenvalue weighted by Crippen LogP contribution is 2.21. The van der Waals surface area contributed by atoms with Crippen molar-refractivity contribution in [3.63, 3.8) is 0 Å². The lowest BCUT2D eigenvalue weighted by Gasteiger charge is -2.03. The first-order valence-corrected chi connectivity index (χ1v) is 7.36. The first-order chi connectivity index (χ1) is 9.11. The highest BCUT2D eigenvalue weighted by Gasteiger charge is 2.15. The number of thioether (sulfide) groups is 1. The highest BCUT2D eigenvalue weighted by atomic mass is 32.2. The van der Waals surface area contributed by atoms with E-state index in [1.165, 1.54) is 6.07 Å². The number of aromatic nitrogens is 2. The summed E-state index contributed by atoms with van der Waals surface area (Å²) >= 11 is 1.71. The summed E-state index contributed by atoms with van der Waals surface area (Å²) in [6, 6.07) is 4.58. The van der Waals surface area contributed by atoms with Crippen LogP contribution in [0.4, 0.5) is 4.39 Å². The Labute approximate surface area is 115 Å². The Balaban J connectivity index is 2.18. The molecule has 0 aliphatic carbocycles. The van der Waals surface area contributed by atoms with Crippen LogP contribution in [-0.4, -0.2) is 22.1 Å². The van der Waals surface area contributed by atoms with E-state index in [4.69, 9.17) is 10.3 Å². The Bertz CT molecular complexity index is 559. The third kappa shape index (κ3) is 3.33. The summed E-state index contributed by atoms with van der Waals surface area (Å²) in [7, 11) is 0. The number of aryl methyl sites for hydroxylation is 1. The molecule has 6 heteroatoms. The van der Waals surface area contributed by atoms with Gasteiger partial charge in [-0.15, -0.1) is 0 Å². The zero-order valence-corrected chi connectivity index (χ0v) is 11.7. The molecule has 4 nitrogen and oxygen atoms in total. The summed E-state index contributed by atoms with van der Waals surface area (Å²) in [5.41, 5.74) is 7.12. The molecule has 0 aliphatic rings. The molecule has 2 aromatic rings. The lowest BCUT2D eigenvalue weighted by atomic mass is 10.1. The summed E-state index contributed by atoms with van der Waals surface area (Å²) in [6.45, 7) is 1.71.